The van der Waals surface area contributed by atoms with E-state index in [9.17, 15) is 4.79 Å². The highest BCUT2D eigenvalue weighted by molar-refractivity contribution is 7.15. The predicted octanol–water partition coefficient (Wildman–Crippen LogP) is 1.34. The molecule has 98 valence electrons. The van der Waals surface area contributed by atoms with Gasteiger partial charge < -0.3 is 10.2 Å². The molecule has 18 heavy (non-hydrogen) atoms. The smallest absolute Gasteiger partial charge is 0.223 e. The van der Waals surface area contributed by atoms with Gasteiger partial charge in [0, 0.05) is 25.0 Å². The molecule has 1 aliphatic carbocycles. The predicted molar refractivity (Wildman–Crippen MR) is 70.7 cm³/mol. The molecule has 5 nitrogen and oxygen atoms in total. The van der Waals surface area contributed by atoms with Crippen molar-refractivity contribution in [3.05, 3.63) is 5.01 Å². The van der Waals surface area contributed by atoms with Crippen molar-refractivity contribution in [3.63, 3.8) is 0 Å². The fourth-order valence-electron chi connectivity index (χ4n) is 2.29. The number of aromatic nitrogens is 2. The Balaban J connectivity index is 1.50. The summed E-state index contributed by atoms with van der Waals surface area (Å²) in [6.07, 6.45) is 4.18. The van der Waals surface area contributed by atoms with Gasteiger partial charge in [-0.2, -0.15) is 0 Å². The number of rotatable bonds is 3. The van der Waals surface area contributed by atoms with E-state index in [0.29, 0.717) is 12.0 Å². The van der Waals surface area contributed by atoms with Crippen LogP contribution in [-0.2, 0) is 4.79 Å². The number of piperidine rings is 1. The minimum atomic E-state index is 0.264. The van der Waals surface area contributed by atoms with E-state index in [1.54, 1.807) is 11.3 Å². The van der Waals surface area contributed by atoms with Gasteiger partial charge in [0.05, 0.1) is 0 Å². The second-order valence-electron chi connectivity index (χ2n) is 5.15. The maximum Gasteiger partial charge on any atom is 0.223 e. The summed E-state index contributed by atoms with van der Waals surface area (Å²) in [4.78, 5) is 14.0. The first-order valence-corrected chi connectivity index (χ1v) is 7.39. The molecule has 2 fully saturated rings. The van der Waals surface area contributed by atoms with Crippen molar-refractivity contribution >= 4 is 22.4 Å². The van der Waals surface area contributed by atoms with Gasteiger partial charge in [0.25, 0.3) is 0 Å². The molecule has 2 aliphatic rings. The normalized spacial score (nSPS) is 21.1. The third-order valence-electron chi connectivity index (χ3n) is 3.58. The lowest BCUT2D eigenvalue weighted by Gasteiger charge is -2.31. The summed E-state index contributed by atoms with van der Waals surface area (Å²) < 4.78 is 0. The second-order valence-corrected chi connectivity index (χ2v) is 6.31. The standard InChI is InChI=1S/C12H18N4OS/c1-8-14-15-12(18-8)16-6-4-10(5-7-16)13-11(17)9-2-3-9/h9-10H,2-7H2,1H3,(H,13,17). The van der Waals surface area contributed by atoms with Crippen molar-refractivity contribution in [2.24, 2.45) is 5.92 Å². The molecule has 6 heteroatoms. The summed E-state index contributed by atoms with van der Waals surface area (Å²) in [5.74, 6) is 0.578. The van der Waals surface area contributed by atoms with Crippen molar-refractivity contribution in [3.8, 4) is 0 Å². The number of carbonyl (C=O) groups is 1. The average Bonchev–Trinajstić information content (AvgIpc) is 3.13. The number of amides is 1. The summed E-state index contributed by atoms with van der Waals surface area (Å²) >= 11 is 1.64. The molecule has 2 heterocycles. The lowest BCUT2D eigenvalue weighted by atomic mass is 10.1. The van der Waals surface area contributed by atoms with Crippen LogP contribution < -0.4 is 10.2 Å². The van der Waals surface area contributed by atoms with Crippen LogP contribution in [0, 0.1) is 12.8 Å². The van der Waals surface area contributed by atoms with Crippen molar-refractivity contribution in [1.82, 2.24) is 15.5 Å². The molecular formula is C12H18N4OS. The Hall–Kier alpha value is -1.17. The first-order valence-electron chi connectivity index (χ1n) is 6.58. The van der Waals surface area contributed by atoms with E-state index >= 15 is 0 Å². The molecule has 1 aliphatic heterocycles. The van der Waals surface area contributed by atoms with Gasteiger partial charge in [-0.15, -0.1) is 10.2 Å². The van der Waals surface area contributed by atoms with Crippen molar-refractivity contribution in [2.75, 3.05) is 18.0 Å². The molecule has 0 unspecified atom stereocenters. The lowest BCUT2D eigenvalue weighted by molar-refractivity contribution is -0.123. The van der Waals surface area contributed by atoms with E-state index < -0.39 is 0 Å². The number of carbonyl (C=O) groups excluding carboxylic acids is 1. The average molecular weight is 266 g/mol. The van der Waals surface area contributed by atoms with Crippen LogP contribution in [-0.4, -0.2) is 35.2 Å². The van der Waals surface area contributed by atoms with Gasteiger partial charge >= 0.3 is 0 Å². The van der Waals surface area contributed by atoms with Crippen LogP contribution in [0.2, 0.25) is 0 Å². The molecule has 1 aromatic heterocycles. The SMILES string of the molecule is Cc1nnc(N2CCC(NC(=O)C3CC3)CC2)s1. The minimum absolute atomic E-state index is 0.264. The Kier molecular flexibility index (Phi) is 3.20. The van der Waals surface area contributed by atoms with Gasteiger partial charge in [0.2, 0.25) is 11.0 Å². The Morgan fingerprint density at radius 1 is 1.28 bits per heavy atom. The summed E-state index contributed by atoms with van der Waals surface area (Å²) in [6.45, 7) is 3.90. The zero-order valence-corrected chi connectivity index (χ0v) is 11.4. The summed E-state index contributed by atoms with van der Waals surface area (Å²) in [5.41, 5.74) is 0. The van der Waals surface area contributed by atoms with Gasteiger partial charge in [-0.1, -0.05) is 11.3 Å². The van der Waals surface area contributed by atoms with Crippen LogP contribution in [0.1, 0.15) is 30.7 Å². The maximum absolute atomic E-state index is 11.7. The van der Waals surface area contributed by atoms with E-state index in [2.05, 4.69) is 20.4 Å². The van der Waals surface area contributed by atoms with Gasteiger partial charge in [-0.05, 0) is 32.6 Å². The summed E-state index contributed by atoms with van der Waals surface area (Å²) in [7, 11) is 0. The number of anilines is 1. The Bertz CT molecular complexity index is 435. The van der Waals surface area contributed by atoms with Crippen LogP contribution in [0.4, 0.5) is 5.13 Å². The number of nitrogens with zero attached hydrogens (tertiary/aromatic N) is 3. The third-order valence-corrected chi connectivity index (χ3v) is 4.47. The molecular weight excluding hydrogens is 248 g/mol. The van der Waals surface area contributed by atoms with Crippen LogP contribution in [0.15, 0.2) is 0 Å². The van der Waals surface area contributed by atoms with Crippen molar-refractivity contribution in [2.45, 2.75) is 38.6 Å². The number of nitrogens with one attached hydrogen (secondary N) is 1. The minimum Gasteiger partial charge on any atom is -0.353 e. The number of hydrogen-bond acceptors (Lipinski definition) is 5. The van der Waals surface area contributed by atoms with Crippen molar-refractivity contribution in [1.29, 1.82) is 0 Å². The van der Waals surface area contributed by atoms with E-state index in [-0.39, 0.29) is 5.91 Å². The topological polar surface area (TPSA) is 58.1 Å². The second kappa shape index (κ2) is 4.84. The molecule has 0 bridgehead atoms. The molecule has 0 atom stereocenters. The monoisotopic (exact) mass is 266 g/mol. The molecule has 1 aromatic rings. The van der Waals surface area contributed by atoms with E-state index in [1.807, 2.05) is 6.92 Å². The lowest BCUT2D eigenvalue weighted by Crippen LogP contribution is -2.45. The highest BCUT2D eigenvalue weighted by atomic mass is 32.1. The third kappa shape index (κ3) is 2.63. The van der Waals surface area contributed by atoms with E-state index in [0.717, 1.165) is 48.9 Å². The van der Waals surface area contributed by atoms with Crippen LogP contribution >= 0.6 is 11.3 Å². The first kappa shape index (κ1) is 11.9. The zero-order chi connectivity index (χ0) is 12.5. The highest BCUT2D eigenvalue weighted by Gasteiger charge is 2.32. The largest absolute Gasteiger partial charge is 0.353 e. The molecule has 0 aromatic carbocycles. The Morgan fingerprint density at radius 3 is 2.56 bits per heavy atom. The molecule has 1 saturated heterocycles. The Labute approximate surface area is 111 Å². The number of aryl methyl sites for hydroxylation is 1. The molecule has 1 N–H and O–H groups in total. The number of hydrogen-bond donors (Lipinski definition) is 1. The Morgan fingerprint density at radius 2 is 2.00 bits per heavy atom. The van der Waals surface area contributed by atoms with Crippen LogP contribution in [0.3, 0.4) is 0 Å². The fraction of sp³-hybridized carbons (Fsp3) is 0.750. The molecule has 3 rings (SSSR count). The van der Waals surface area contributed by atoms with Gasteiger partial charge in [-0.3, -0.25) is 4.79 Å². The van der Waals surface area contributed by atoms with Crippen LogP contribution in [0.25, 0.3) is 0 Å². The maximum atomic E-state index is 11.7. The molecule has 0 radical (unpaired) electrons. The van der Waals surface area contributed by atoms with Crippen LogP contribution in [0.5, 0.6) is 0 Å². The molecule has 1 saturated carbocycles. The van der Waals surface area contributed by atoms with Crippen molar-refractivity contribution < 1.29 is 4.79 Å². The zero-order valence-electron chi connectivity index (χ0n) is 10.6. The quantitative estimate of drug-likeness (QED) is 0.897. The summed E-state index contributed by atoms with van der Waals surface area (Å²) in [6, 6.07) is 0.350. The highest BCUT2D eigenvalue weighted by Crippen LogP contribution is 2.29. The summed E-state index contributed by atoms with van der Waals surface area (Å²) in [5, 5.41) is 13.4. The van der Waals surface area contributed by atoms with E-state index in [1.165, 1.54) is 0 Å². The van der Waals surface area contributed by atoms with E-state index in [4.69, 9.17) is 0 Å². The molecule has 0 spiro atoms. The van der Waals surface area contributed by atoms with Gasteiger partial charge in [0.1, 0.15) is 5.01 Å². The van der Waals surface area contributed by atoms with Gasteiger partial charge in [0.15, 0.2) is 0 Å². The first-order chi connectivity index (χ1) is 8.72. The van der Waals surface area contributed by atoms with Gasteiger partial charge in [-0.25, -0.2) is 0 Å². The molecule has 1 amide bonds. The fourth-order valence-corrected chi connectivity index (χ4v) is 3.03.